The molecule has 7 heteroatoms. The highest BCUT2D eigenvalue weighted by Crippen LogP contribution is 2.28. The maximum absolute atomic E-state index is 12.6. The van der Waals surface area contributed by atoms with E-state index in [-0.39, 0.29) is 17.0 Å². The standard InChI is InChI=1S/C19H18N4O3/c1-12-6-8-22(9-7-12)17(24)13-2-4-14(5-3-13)23-18(25)15-10-20-21-11-16(15)19(23)26/h2-5,10-12H,6-9H2,1H3. The van der Waals surface area contributed by atoms with E-state index >= 15 is 0 Å². The fourth-order valence-corrected chi connectivity index (χ4v) is 3.38. The van der Waals surface area contributed by atoms with Gasteiger partial charge >= 0.3 is 0 Å². The summed E-state index contributed by atoms with van der Waals surface area (Å²) in [5.41, 5.74) is 1.48. The predicted molar refractivity (Wildman–Crippen MR) is 93.9 cm³/mol. The van der Waals surface area contributed by atoms with Crippen molar-refractivity contribution in [1.29, 1.82) is 0 Å². The molecule has 132 valence electrons. The Morgan fingerprint density at radius 2 is 1.50 bits per heavy atom. The highest BCUT2D eigenvalue weighted by molar-refractivity contribution is 6.34. The molecule has 1 aromatic heterocycles. The number of aromatic nitrogens is 2. The Kier molecular flexibility index (Phi) is 3.99. The van der Waals surface area contributed by atoms with Gasteiger partial charge in [0.25, 0.3) is 17.7 Å². The van der Waals surface area contributed by atoms with E-state index in [4.69, 9.17) is 0 Å². The van der Waals surface area contributed by atoms with Crippen LogP contribution in [0.4, 0.5) is 5.69 Å². The zero-order chi connectivity index (χ0) is 18.3. The number of imide groups is 1. The molecule has 0 saturated carbocycles. The van der Waals surface area contributed by atoms with Gasteiger partial charge in [-0.1, -0.05) is 6.92 Å². The summed E-state index contributed by atoms with van der Waals surface area (Å²) in [6, 6.07) is 6.58. The third-order valence-corrected chi connectivity index (χ3v) is 5.04. The molecule has 2 aliphatic heterocycles. The van der Waals surface area contributed by atoms with Gasteiger partial charge in [0.1, 0.15) is 0 Å². The number of nitrogens with zero attached hydrogens (tertiary/aromatic N) is 4. The average molecular weight is 350 g/mol. The molecule has 2 aromatic rings. The van der Waals surface area contributed by atoms with Gasteiger partial charge in [-0.05, 0) is 43.0 Å². The number of benzene rings is 1. The highest BCUT2D eigenvalue weighted by atomic mass is 16.2. The maximum Gasteiger partial charge on any atom is 0.267 e. The topological polar surface area (TPSA) is 83.5 Å². The third-order valence-electron chi connectivity index (χ3n) is 5.04. The number of hydrogen-bond acceptors (Lipinski definition) is 5. The van der Waals surface area contributed by atoms with E-state index in [2.05, 4.69) is 17.1 Å². The largest absolute Gasteiger partial charge is 0.339 e. The lowest BCUT2D eigenvalue weighted by Crippen LogP contribution is -2.37. The molecule has 0 radical (unpaired) electrons. The van der Waals surface area contributed by atoms with Crippen LogP contribution in [0.5, 0.6) is 0 Å². The molecule has 3 amide bonds. The first-order valence-corrected chi connectivity index (χ1v) is 8.65. The molecular weight excluding hydrogens is 332 g/mol. The number of amides is 3. The second kappa shape index (κ2) is 6.33. The van der Waals surface area contributed by atoms with Crippen molar-refractivity contribution < 1.29 is 14.4 Å². The number of likely N-dealkylation sites (tertiary alicyclic amines) is 1. The quantitative estimate of drug-likeness (QED) is 0.775. The van der Waals surface area contributed by atoms with E-state index in [0.29, 0.717) is 17.2 Å². The Bertz CT molecular complexity index is 851. The summed E-state index contributed by atoms with van der Waals surface area (Å²) in [7, 11) is 0. The molecule has 0 N–H and O–H groups in total. The second-order valence-electron chi connectivity index (χ2n) is 6.78. The van der Waals surface area contributed by atoms with Crippen LogP contribution in [-0.2, 0) is 0 Å². The Morgan fingerprint density at radius 1 is 0.962 bits per heavy atom. The SMILES string of the molecule is CC1CCN(C(=O)c2ccc(N3C(=O)c4cnncc4C3=O)cc2)CC1. The van der Waals surface area contributed by atoms with E-state index in [1.165, 1.54) is 12.4 Å². The van der Waals surface area contributed by atoms with Crippen molar-refractivity contribution in [3.05, 3.63) is 53.3 Å². The van der Waals surface area contributed by atoms with Crippen LogP contribution in [0.3, 0.4) is 0 Å². The van der Waals surface area contributed by atoms with Crippen molar-refractivity contribution in [3.8, 4) is 0 Å². The van der Waals surface area contributed by atoms with Crippen LogP contribution in [-0.4, -0.2) is 45.9 Å². The predicted octanol–water partition coefficient (Wildman–Crippen LogP) is 2.15. The summed E-state index contributed by atoms with van der Waals surface area (Å²) in [5, 5.41) is 7.33. The Morgan fingerprint density at radius 3 is 2.04 bits per heavy atom. The maximum atomic E-state index is 12.6. The van der Waals surface area contributed by atoms with E-state index < -0.39 is 11.8 Å². The summed E-state index contributed by atoms with van der Waals surface area (Å²) >= 11 is 0. The molecule has 26 heavy (non-hydrogen) atoms. The monoisotopic (exact) mass is 350 g/mol. The first kappa shape index (κ1) is 16.4. The van der Waals surface area contributed by atoms with Crippen LogP contribution in [0, 0.1) is 5.92 Å². The van der Waals surface area contributed by atoms with Crippen LogP contribution in [0.1, 0.15) is 50.8 Å². The first-order valence-electron chi connectivity index (χ1n) is 8.65. The minimum atomic E-state index is -0.427. The van der Waals surface area contributed by atoms with Gasteiger partial charge in [0.15, 0.2) is 0 Å². The molecule has 7 nitrogen and oxygen atoms in total. The van der Waals surface area contributed by atoms with Crippen LogP contribution < -0.4 is 4.90 Å². The lowest BCUT2D eigenvalue weighted by atomic mass is 9.98. The first-order chi connectivity index (χ1) is 12.6. The van der Waals surface area contributed by atoms with Crippen LogP contribution in [0.2, 0.25) is 0 Å². The number of carbonyl (C=O) groups excluding carboxylic acids is 3. The fourth-order valence-electron chi connectivity index (χ4n) is 3.38. The average Bonchev–Trinajstić information content (AvgIpc) is 2.93. The Labute approximate surface area is 150 Å². The minimum Gasteiger partial charge on any atom is -0.339 e. The van der Waals surface area contributed by atoms with Gasteiger partial charge in [-0.15, -0.1) is 0 Å². The molecule has 4 rings (SSSR count). The number of carbonyl (C=O) groups is 3. The minimum absolute atomic E-state index is 0.0146. The molecule has 3 heterocycles. The zero-order valence-corrected chi connectivity index (χ0v) is 14.4. The van der Waals surface area contributed by atoms with E-state index in [0.717, 1.165) is 30.8 Å². The van der Waals surface area contributed by atoms with Gasteiger partial charge in [-0.25, -0.2) is 4.90 Å². The zero-order valence-electron chi connectivity index (χ0n) is 14.4. The van der Waals surface area contributed by atoms with Gasteiger partial charge in [-0.2, -0.15) is 10.2 Å². The van der Waals surface area contributed by atoms with Gasteiger partial charge in [0.05, 0.1) is 29.2 Å². The lowest BCUT2D eigenvalue weighted by molar-refractivity contribution is 0.0697. The summed E-state index contributed by atoms with van der Waals surface area (Å²) < 4.78 is 0. The summed E-state index contributed by atoms with van der Waals surface area (Å²) in [6.07, 6.45) is 4.62. The van der Waals surface area contributed by atoms with Gasteiger partial charge < -0.3 is 4.90 Å². The van der Waals surface area contributed by atoms with Crippen molar-refractivity contribution in [3.63, 3.8) is 0 Å². The highest BCUT2D eigenvalue weighted by Gasteiger charge is 2.37. The molecule has 1 fully saturated rings. The number of rotatable bonds is 2. The molecule has 0 spiro atoms. The molecule has 0 atom stereocenters. The number of fused-ring (bicyclic) bond motifs is 1. The molecule has 0 unspecified atom stereocenters. The van der Waals surface area contributed by atoms with Crippen molar-refractivity contribution >= 4 is 23.4 Å². The molecule has 1 saturated heterocycles. The summed E-state index contributed by atoms with van der Waals surface area (Å²) in [5.74, 6) is -0.216. The van der Waals surface area contributed by atoms with Crippen molar-refractivity contribution in [2.75, 3.05) is 18.0 Å². The van der Waals surface area contributed by atoms with E-state index in [1.54, 1.807) is 24.3 Å². The van der Waals surface area contributed by atoms with E-state index in [1.807, 2.05) is 4.90 Å². The molecule has 2 aliphatic rings. The molecule has 0 bridgehead atoms. The van der Waals surface area contributed by atoms with Crippen LogP contribution in [0.25, 0.3) is 0 Å². The Balaban J connectivity index is 1.55. The summed E-state index contributed by atoms with van der Waals surface area (Å²) in [6.45, 7) is 3.73. The van der Waals surface area contributed by atoms with Crippen LogP contribution >= 0.6 is 0 Å². The van der Waals surface area contributed by atoms with E-state index in [9.17, 15) is 14.4 Å². The lowest BCUT2D eigenvalue weighted by Gasteiger charge is -2.30. The summed E-state index contributed by atoms with van der Waals surface area (Å²) in [4.78, 5) is 40.5. The van der Waals surface area contributed by atoms with Crippen molar-refractivity contribution in [1.82, 2.24) is 15.1 Å². The van der Waals surface area contributed by atoms with Crippen LogP contribution in [0.15, 0.2) is 36.7 Å². The second-order valence-corrected chi connectivity index (χ2v) is 6.78. The number of anilines is 1. The Hall–Kier alpha value is -3.09. The van der Waals surface area contributed by atoms with Crippen molar-refractivity contribution in [2.45, 2.75) is 19.8 Å². The number of piperidine rings is 1. The fraction of sp³-hybridized carbons (Fsp3) is 0.316. The number of hydrogen-bond donors (Lipinski definition) is 0. The van der Waals surface area contributed by atoms with Crippen molar-refractivity contribution in [2.24, 2.45) is 5.92 Å². The molecule has 0 aliphatic carbocycles. The van der Waals surface area contributed by atoms with Gasteiger partial charge in [0, 0.05) is 18.7 Å². The third kappa shape index (κ3) is 2.65. The smallest absolute Gasteiger partial charge is 0.267 e. The van der Waals surface area contributed by atoms with Gasteiger partial charge in [-0.3, -0.25) is 14.4 Å². The molecule has 1 aromatic carbocycles. The van der Waals surface area contributed by atoms with Gasteiger partial charge in [0.2, 0.25) is 0 Å². The normalized spacial score (nSPS) is 17.6. The molecular formula is C19H18N4O3.